The van der Waals surface area contributed by atoms with Gasteiger partial charge in [0.2, 0.25) is 5.91 Å². The molecule has 0 bridgehead atoms. The van der Waals surface area contributed by atoms with Crippen molar-refractivity contribution in [2.24, 2.45) is 0 Å². The molecule has 3 N–H and O–H groups in total. The fourth-order valence-electron chi connectivity index (χ4n) is 9.87. The van der Waals surface area contributed by atoms with Gasteiger partial charge in [0.05, 0.1) is 25.4 Å². The van der Waals surface area contributed by atoms with Gasteiger partial charge in [-0.25, -0.2) is 0 Å². The number of carbonyl (C=O) groups is 2. The Labute approximate surface area is 437 Å². The molecule has 0 heterocycles. The smallest absolute Gasteiger partial charge is 0.305 e. The van der Waals surface area contributed by atoms with Crippen LogP contribution in [0.15, 0.2) is 24.3 Å². The zero-order valence-electron chi connectivity index (χ0n) is 47.3. The molecule has 0 aliphatic heterocycles. The molecule has 0 aromatic carbocycles. The highest BCUT2D eigenvalue weighted by atomic mass is 16.5. The van der Waals surface area contributed by atoms with E-state index < -0.39 is 12.1 Å². The van der Waals surface area contributed by atoms with E-state index in [9.17, 15) is 19.8 Å². The number of hydrogen-bond acceptors (Lipinski definition) is 5. The Morgan fingerprint density at radius 1 is 0.386 bits per heavy atom. The first kappa shape index (κ1) is 68.3. The molecule has 0 aliphatic carbocycles. The number of rotatable bonds is 59. The standard InChI is InChI=1S/C64H123NO5/c1-3-5-7-9-11-13-15-17-19-21-22-26-30-34-38-42-46-50-54-58-64(69)70-59-55-51-47-43-39-35-31-27-24-23-25-29-33-37-41-45-49-53-57-63(68)65-61(60-66)62(67)56-52-48-44-40-36-32-28-20-18-16-14-12-10-8-6-4-2/h17,19,52,56,61-62,66-67H,3-16,18,20-51,53-55,57-60H2,1-2H3,(H,65,68)/b19-17-,56-52+. The fourth-order valence-corrected chi connectivity index (χ4v) is 9.87. The molecule has 0 fully saturated rings. The number of nitrogens with one attached hydrogen (secondary N) is 1. The van der Waals surface area contributed by atoms with Crippen molar-refractivity contribution in [1.29, 1.82) is 0 Å². The van der Waals surface area contributed by atoms with Gasteiger partial charge in [-0.3, -0.25) is 9.59 Å². The van der Waals surface area contributed by atoms with Crippen LogP contribution in [-0.2, 0) is 14.3 Å². The van der Waals surface area contributed by atoms with Gasteiger partial charge in [0.25, 0.3) is 0 Å². The summed E-state index contributed by atoms with van der Waals surface area (Å²) in [6.07, 6.45) is 73.6. The van der Waals surface area contributed by atoms with Crippen LogP contribution in [-0.4, -0.2) is 47.4 Å². The molecule has 0 rings (SSSR count). The molecule has 0 aliphatic rings. The summed E-state index contributed by atoms with van der Waals surface area (Å²) in [5.41, 5.74) is 0. The summed E-state index contributed by atoms with van der Waals surface area (Å²) in [7, 11) is 0. The predicted molar refractivity (Wildman–Crippen MR) is 306 cm³/mol. The second-order valence-electron chi connectivity index (χ2n) is 21.7. The lowest BCUT2D eigenvalue weighted by atomic mass is 10.0. The van der Waals surface area contributed by atoms with Crippen LogP contribution in [0.2, 0.25) is 0 Å². The van der Waals surface area contributed by atoms with Crippen molar-refractivity contribution in [3.8, 4) is 0 Å². The first-order chi connectivity index (χ1) is 34.5. The maximum Gasteiger partial charge on any atom is 0.305 e. The van der Waals surface area contributed by atoms with E-state index in [1.54, 1.807) is 6.08 Å². The Hall–Kier alpha value is -1.66. The number of amides is 1. The van der Waals surface area contributed by atoms with Gasteiger partial charge in [-0.1, -0.05) is 301 Å². The minimum Gasteiger partial charge on any atom is -0.466 e. The lowest BCUT2D eigenvalue weighted by molar-refractivity contribution is -0.143. The third kappa shape index (κ3) is 55.7. The Balaban J connectivity index is 3.41. The highest BCUT2D eigenvalue weighted by molar-refractivity contribution is 5.76. The van der Waals surface area contributed by atoms with Gasteiger partial charge in [-0.05, 0) is 57.8 Å². The number of unbranched alkanes of at least 4 members (excludes halogenated alkanes) is 46. The van der Waals surface area contributed by atoms with Gasteiger partial charge in [0, 0.05) is 12.8 Å². The van der Waals surface area contributed by atoms with Crippen LogP contribution in [0.4, 0.5) is 0 Å². The Morgan fingerprint density at radius 2 is 0.671 bits per heavy atom. The SMILES string of the molecule is CCCCCCCC/C=C\CCCCCCCCCCCC(=O)OCCCCCCCCCCCCCCCCCCCCC(=O)NC(CO)C(O)/C=C/CCCCCCCCCCCCCCCC. The molecule has 0 saturated heterocycles. The summed E-state index contributed by atoms with van der Waals surface area (Å²) < 4.78 is 5.50. The highest BCUT2D eigenvalue weighted by Gasteiger charge is 2.18. The normalized spacial score (nSPS) is 12.7. The first-order valence-electron chi connectivity index (χ1n) is 31.6. The number of aliphatic hydroxyl groups excluding tert-OH is 2. The molecule has 2 atom stereocenters. The summed E-state index contributed by atoms with van der Waals surface area (Å²) in [6, 6.07) is -0.631. The number of ether oxygens (including phenoxy) is 1. The Morgan fingerprint density at radius 3 is 1.01 bits per heavy atom. The van der Waals surface area contributed by atoms with Crippen LogP contribution in [0.1, 0.15) is 348 Å². The molecule has 6 nitrogen and oxygen atoms in total. The van der Waals surface area contributed by atoms with Gasteiger partial charge in [-0.15, -0.1) is 0 Å². The molecular weight excluding hydrogens is 863 g/mol. The second-order valence-corrected chi connectivity index (χ2v) is 21.7. The molecule has 2 unspecified atom stereocenters. The molecule has 0 spiro atoms. The average Bonchev–Trinajstić information content (AvgIpc) is 3.36. The summed E-state index contributed by atoms with van der Waals surface area (Å²) in [5, 5.41) is 23.1. The second kappa shape index (κ2) is 59.9. The van der Waals surface area contributed by atoms with Gasteiger partial charge < -0.3 is 20.3 Å². The van der Waals surface area contributed by atoms with Crippen LogP contribution in [0, 0.1) is 0 Å². The molecule has 414 valence electrons. The van der Waals surface area contributed by atoms with E-state index in [0.29, 0.717) is 19.4 Å². The molecule has 0 aromatic heterocycles. The zero-order valence-corrected chi connectivity index (χ0v) is 47.3. The van der Waals surface area contributed by atoms with Crippen molar-refractivity contribution in [3.63, 3.8) is 0 Å². The van der Waals surface area contributed by atoms with Crippen LogP contribution >= 0.6 is 0 Å². The fraction of sp³-hybridized carbons (Fsp3) is 0.906. The van der Waals surface area contributed by atoms with Crippen LogP contribution < -0.4 is 5.32 Å². The van der Waals surface area contributed by atoms with Crippen molar-refractivity contribution in [3.05, 3.63) is 24.3 Å². The predicted octanol–water partition coefficient (Wildman–Crippen LogP) is 19.8. The Bertz CT molecular complexity index is 1090. The molecule has 0 aromatic rings. The maximum atomic E-state index is 12.5. The van der Waals surface area contributed by atoms with Crippen LogP contribution in [0.25, 0.3) is 0 Å². The lowest BCUT2D eigenvalue weighted by Crippen LogP contribution is -2.45. The molecule has 1 amide bonds. The van der Waals surface area contributed by atoms with Crippen LogP contribution in [0.5, 0.6) is 0 Å². The van der Waals surface area contributed by atoms with Gasteiger partial charge in [0.1, 0.15) is 0 Å². The van der Waals surface area contributed by atoms with E-state index in [0.717, 1.165) is 44.9 Å². The Kier molecular flexibility index (Phi) is 58.5. The van der Waals surface area contributed by atoms with E-state index in [2.05, 4.69) is 31.3 Å². The first-order valence-corrected chi connectivity index (χ1v) is 31.6. The van der Waals surface area contributed by atoms with Crippen molar-refractivity contribution < 1.29 is 24.5 Å². The molecule has 6 heteroatoms. The number of allylic oxidation sites excluding steroid dienone is 3. The summed E-state index contributed by atoms with van der Waals surface area (Å²) in [5.74, 6) is -0.0632. The third-order valence-corrected chi connectivity index (χ3v) is 14.7. The van der Waals surface area contributed by atoms with Gasteiger partial charge in [0.15, 0.2) is 0 Å². The van der Waals surface area contributed by atoms with Gasteiger partial charge in [-0.2, -0.15) is 0 Å². The number of esters is 1. The quantitative estimate of drug-likeness (QED) is 0.0321. The van der Waals surface area contributed by atoms with E-state index in [1.807, 2.05) is 6.08 Å². The molecule has 0 radical (unpaired) electrons. The largest absolute Gasteiger partial charge is 0.466 e. The number of hydrogen-bond donors (Lipinski definition) is 3. The maximum absolute atomic E-state index is 12.5. The van der Waals surface area contributed by atoms with Crippen molar-refractivity contribution in [2.75, 3.05) is 13.2 Å². The third-order valence-electron chi connectivity index (χ3n) is 14.7. The highest BCUT2D eigenvalue weighted by Crippen LogP contribution is 2.18. The summed E-state index contributed by atoms with van der Waals surface area (Å²) in [6.45, 7) is 4.91. The minimum atomic E-state index is -0.847. The zero-order chi connectivity index (χ0) is 50.7. The van der Waals surface area contributed by atoms with Crippen LogP contribution in [0.3, 0.4) is 0 Å². The topological polar surface area (TPSA) is 95.9 Å². The molecular formula is C64H123NO5. The molecule has 0 saturated carbocycles. The summed E-state index contributed by atoms with van der Waals surface area (Å²) in [4.78, 5) is 24.6. The summed E-state index contributed by atoms with van der Waals surface area (Å²) >= 11 is 0. The lowest BCUT2D eigenvalue weighted by Gasteiger charge is -2.20. The van der Waals surface area contributed by atoms with E-state index in [1.165, 1.54) is 276 Å². The number of carbonyl (C=O) groups excluding carboxylic acids is 2. The minimum absolute atomic E-state index is 0.00660. The molecule has 70 heavy (non-hydrogen) atoms. The monoisotopic (exact) mass is 986 g/mol. The van der Waals surface area contributed by atoms with Gasteiger partial charge >= 0.3 is 5.97 Å². The van der Waals surface area contributed by atoms with E-state index in [4.69, 9.17) is 4.74 Å². The van der Waals surface area contributed by atoms with E-state index in [-0.39, 0.29) is 18.5 Å². The average molecular weight is 987 g/mol. The van der Waals surface area contributed by atoms with Crippen molar-refractivity contribution in [2.45, 2.75) is 360 Å². The van der Waals surface area contributed by atoms with Crippen molar-refractivity contribution in [1.82, 2.24) is 5.32 Å². The number of aliphatic hydroxyl groups is 2. The van der Waals surface area contributed by atoms with E-state index >= 15 is 0 Å². The van der Waals surface area contributed by atoms with Crippen molar-refractivity contribution >= 4 is 11.9 Å².